The first kappa shape index (κ1) is 21.8. The van der Waals surface area contributed by atoms with Crippen LogP contribution in [0, 0.1) is 11.3 Å². The van der Waals surface area contributed by atoms with E-state index >= 15 is 0 Å². The molecule has 1 fully saturated rings. The number of halogens is 1. The van der Waals surface area contributed by atoms with Crippen LogP contribution < -0.4 is 5.32 Å². The number of carbonyl (C=O) groups excluding carboxylic acids is 2. The van der Waals surface area contributed by atoms with Crippen molar-refractivity contribution in [2.24, 2.45) is 0 Å². The molecular weight excluding hydrogens is 400 g/mol. The molecular formula is C23H25ClN4O2. The summed E-state index contributed by atoms with van der Waals surface area (Å²) in [5, 5.41) is 12.0. The SMILES string of the molecule is CC(NC(=O)c1ccccc1Cl)C(=O)N1CCCN(Cc2ccc(C#N)cc2)CC1. The summed E-state index contributed by atoms with van der Waals surface area (Å²) >= 11 is 6.07. The Balaban J connectivity index is 1.53. The van der Waals surface area contributed by atoms with Gasteiger partial charge in [-0.05, 0) is 43.2 Å². The molecule has 1 aliphatic heterocycles. The van der Waals surface area contributed by atoms with Gasteiger partial charge in [-0.2, -0.15) is 5.26 Å². The molecule has 2 amide bonds. The van der Waals surface area contributed by atoms with E-state index in [1.807, 2.05) is 29.2 Å². The Bertz CT molecular complexity index is 939. The summed E-state index contributed by atoms with van der Waals surface area (Å²) in [7, 11) is 0. The van der Waals surface area contributed by atoms with Gasteiger partial charge in [-0.25, -0.2) is 0 Å². The molecule has 6 nitrogen and oxygen atoms in total. The molecule has 7 heteroatoms. The first-order chi connectivity index (χ1) is 14.5. The van der Waals surface area contributed by atoms with Crippen molar-refractivity contribution in [2.45, 2.75) is 25.9 Å². The van der Waals surface area contributed by atoms with Crippen LogP contribution in [-0.4, -0.2) is 53.8 Å². The predicted octanol–water partition coefficient (Wildman–Crippen LogP) is 3.06. The summed E-state index contributed by atoms with van der Waals surface area (Å²) < 4.78 is 0. The lowest BCUT2D eigenvalue weighted by atomic mass is 10.1. The van der Waals surface area contributed by atoms with E-state index in [-0.39, 0.29) is 11.8 Å². The maximum Gasteiger partial charge on any atom is 0.253 e. The third-order valence-electron chi connectivity index (χ3n) is 5.23. The Kier molecular flexibility index (Phi) is 7.45. The summed E-state index contributed by atoms with van der Waals surface area (Å²) in [5.74, 6) is -0.436. The zero-order valence-corrected chi connectivity index (χ0v) is 17.7. The highest BCUT2D eigenvalue weighted by Gasteiger charge is 2.25. The van der Waals surface area contributed by atoms with Gasteiger partial charge in [-0.1, -0.05) is 35.9 Å². The maximum absolute atomic E-state index is 12.9. The number of nitriles is 1. The molecule has 1 unspecified atom stereocenters. The zero-order valence-electron chi connectivity index (χ0n) is 17.0. The van der Waals surface area contributed by atoms with Crippen molar-refractivity contribution in [2.75, 3.05) is 26.2 Å². The van der Waals surface area contributed by atoms with Gasteiger partial charge >= 0.3 is 0 Å². The fourth-order valence-electron chi connectivity index (χ4n) is 3.55. The Morgan fingerprint density at radius 1 is 1.10 bits per heavy atom. The highest BCUT2D eigenvalue weighted by atomic mass is 35.5. The van der Waals surface area contributed by atoms with Gasteiger partial charge in [-0.3, -0.25) is 14.5 Å². The fourth-order valence-corrected chi connectivity index (χ4v) is 3.77. The van der Waals surface area contributed by atoms with Crippen molar-refractivity contribution < 1.29 is 9.59 Å². The van der Waals surface area contributed by atoms with Crippen molar-refractivity contribution in [3.63, 3.8) is 0 Å². The minimum Gasteiger partial charge on any atom is -0.340 e. The van der Waals surface area contributed by atoms with Crippen LogP contribution in [0.1, 0.15) is 34.8 Å². The molecule has 0 radical (unpaired) electrons. The molecule has 1 atom stereocenters. The molecule has 0 aliphatic carbocycles. The number of rotatable bonds is 5. The van der Waals surface area contributed by atoms with Crippen LogP contribution in [0.3, 0.4) is 0 Å². The smallest absolute Gasteiger partial charge is 0.253 e. The molecule has 2 aromatic carbocycles. The lowest BCUT2D eigenvalue weighted by Gasteiger charge is -2.25. The van der Waals surface area contributed by atoms with Crippen LogP contribution >= 0.6 is 11.6 Å². The highest BCUT2D eigenvalue weighted by molar-refractivity contribution is 6.33. The second kappa shape index (κ2) is 10.2. The van der Waals surface area contributed by atoms with Gasteiger partial charge in [-0.15, -0.1) is 0 Å². The third kappa shape index (κ3) is 5.59. The highest BCUT2D eigenvalue weighted by Crippen LogP contribution is 2.15. The molecule has 3 rings (SSSR count). The van der Waals surface area contributed by atoms with Crippen LogP contribution in [0.15, 0.2) is 48.5 Å². The van der Waals surface area contributed by atoms with Gasteiger partial charge < -0.3 is 10.2 Å². The van der Waals surface area contributed by atoms with Gasteiger partial charge in [0.15, 0.2) is 0 Å². The molecule has 0 bridgehead atoms. The molecule has 0 saturated carbocycles. The van der Waals surface area contributed by atoms with Crippen molar-refractivity contribution in [1.82, 2.24) is 15.1 Å². The first-order valence-electron chi connectivity index (χ1n) is 10.0. The van der Waals surface area contributed by atoms with E-state index in [0.717, 1.165) is 31.6 Å². The number of nitrogens with one attached hydrogen (secondary N) is 1. The summed E-state index contributed by atoms with van der Waals surface area (Å²) in [6, 6.07) is 15.9. The van der Waals surface area contributed by atoms with Gasteiger partial charge in [0.25, 0.3) is 5.91 Å². The predicted molar refractivity (Wildman–Crippen MR) is 116 cm³/mol. The van der Waals surface area contributed by atoms with E-state index in [2.05, 4.69) is 16.3 Å². The quantitative estimate of drug-likeness (QED) is 0.800. The minimum absolute atomic E-state index is 0.0874. The number of benzene rings is 2. The van der Waals surface area contributed by atoms with E-state index in [1.165, 1.54) is 0 Å². The Morgan fingerprint density at radius 2 is 1.83 bits per heavy atom. The average molecular weight is 425 g/mol. The lowest BCUT2D eigenvalue weighted by molar-refractivity contribution is -0.132. The van der Waals surface area contributed by atoms with Crippen molar-refractivity contribution in [3.8, 4) is 6.07 Å². The Hall–Kier alpha value is -2.88. The van der Waals surface area contributed by atoms with E-state index < -0.39 is 6.04 Å². The van der Waals surface area contributed by atoms with Crippen LogP contribution in [-0.2, 0) is 11.3 Å². The number of hydrogen-bond donors (Lipinski definition) is 1. The van der Waals surface area contributed by atoms with E-state index in [0.29, 0.717) is 29.2 Å². The summed E-state index contributed by atoms with van der Waals surface area (Å²) in [4.78, 5) is 29.4. The molecule has 1 saturated heterocycles. The number of carbonyl (C=O) groups is 2. The molecule has 0 spiro atoms. The number of nitrogens with zero attached hydrogens (tertiary/aromatic N) is 3. The molecule has 30 heavy (non-hydrogen) atoms. The van der Waals surface area contributed by atoms with Crippen molar-refractivity contribution in [1.29, 1.82) is 5.26 Å². The summed E-state index contributed by atoms with van der Waals surface area (Å²) in [6.45, 7) is 5.42. The molecule has 0 aromatic heterocycles. The van der Waals surface area contributed by atoms with Crippen LogP contribution in [0.2, 0.25) is 5.02 Å². The zero-order chi connectivity index (χ0) is 21.5. The molecule has 156 valence electrons. The maximum atomic E-state index is 12.9. The average Bonchev–Trinajstić information content (AvgIpc) is 2.99. The molecule has 1 heterocycles. The largest absolute Gasteiger partial charge is 0.340 e. The summed E-state index contributed by atoms with van der Waals surface area (Å²) in [5.41, 5.74) is 2.16. The van der Waals surface area contributed by atoms with Crippen LogP contribution in [0.5, 0.6) is 0 Å². The van der Waals surface area contributed by atoms with Crippen molar-refractivity contribution >= 4 is 23.4 Å². The number of hydrogen-bond acceptors (Lipinski definition) is 4. The van der Waals surface area contributed by atoms with E-state index in [1.54, 1.807) is 31.2 Å². The van der Waals surface area contributed by atoms with Crippen LogP contribution in [0.25, 0.3) is 0 Å². The van der Waals surface area contributed by atoms with Gasteiger partial charge in [0.05, 0.1) is 22.2 Å². The van der Waals surface area contributed by atoms with E-state index in [9.17, 15) is 9.59 Å². The first-order valence-corrected chi connectivity index (χ1v) is 10.4. The third-order valence-corrected chi connectivity index (χ3v) is 5.56. The normalized spacial score (nSPS) is 15.7. The Morgan fingerprint density at radius 3 is 2.53 bits per heavy atom. The second-order valence-electron chi connectivity index (χ2n) is 7.44. The molecule has 2 aromatic rings. The van der Waals surface area contributed by atoms with Crippen LogP contribution in [0.4, 0.5) is 0 Å². The molecule has 1 aliphatic rings. The summed E-state index contributed by atoms with van der Waals surface area (Å²) in [6.07, 6.45) is 0.868. The lowest BCUT2D eigenvalue weighted by Crippen LogP contribution is -2.48. The number of amides is 2. The fraction of sp³-hybridized carbons (Fsp3) is 0.348. The Labute approximate surface area is 182 Å². The van der Waals surface area contributed by atoms with Gasteiger partial charge in [0, 0.05) is 32.7 Å². The van der Waals surface area contributed by atoms with Crippen molar-refractivity contribution in [3.05, 3.63) is 70.2 Å². The molecule has 1 N–H and O–H groups in total. The van der Waals surface area contributed by atoms with E-state index in [4.69, 9.17) is 16.9 Å². The monoisotopic (exact) mass is 424 g/mol. The minimum atomic E-state index is -0.626. The standard InChI is InChI=1S/C23H25ClN4O2/c1-17(26-22(29)20-5-2-3-6-21(20)24)23(30)28-12-4-11-27(13-14-28)16-19-9-7-18(15-25)8-10-19/h2-3,5-10,17H,4,11-14,16H2,1H3,(H,26,29). The topological polar surface area (TPSA) is 76.4 Å². The van der Waals surface area contributed by atoms with Gasteiger partial charge in [0.2, 0.25) is 5.91 Å². The second-order valence-corrected chi connectivity index (χ2v) is 7.85. The van der Waals surface area contributed by atoms with Gasteiger partial charge in [0.1, 0.15) is 6.04 Å².